The monoisotopic (exact) mass is 1910 g/mol. The highest BCUT2D eigenvalue weighted by Gasteiger charge is 2.32. The third-order valence-electron chi connectivity index (χ3n) is 26.0. The number of nitrogens with zero attached hydrogens (tertiary/aromatic N) is 6. The fourth-order valence-electron chi connectivity index (χ4n) is 19.9. The first kappa shape index (κ1) is 103. The number of hydrogen-bond donors (Lipinski definition) is 0. The summed E-state index contributed by atoms with van der Waals surface area (Å²) in [6, 6.07) is 185. The smallest absolute Gasteiger partial charge is 0.0501 e. The fourth-order valence-corrected chi connectivity index (χ4v) is 19.9. The van der Waals surface area contributed by atoms with Crippen molar-refractivity contribution in [1.82, 2.24) is 0 Å². The van der Waals surface area contributed by atoms with Gasteiger partial charge in [0.15, 0.2) is 0 Å². The predicted octanol–water partition coefficient (Wildman–Crippen LogP) is 40.2. The second-order valence-electron chi connectivity index (χ2n) is 43.2. The first-order valence-electron chi connectivity index (χ1n) is 51.3. The third kappa shape index (κ3) is 25.3. The summed E-state index contributed by atoms with van der Waals surface area (Å²) in [5.74, 6) is 0. The lowest BCUT2D eigenvalue weighted by atomic mass is 9.96. The maximum Gasteiger partial charge on any atom is 0.0501 e. The van der Waals surface area contributed by atoms with Gasteiger partial charge >= 0.3 is 0 Å². The molecule has 0 radical (unpaired) electrons. The molecule has 0 saturated heterocycles. The highest BCUT2D eigenvalue weighted by atomic mass is 15.2. The Morgan fingerprint density at radius 2 is 0.356 bits per heavy atom. The molecule has 6 heteroatoms. The summed E-state index contributed by atoms with van der Waals surface area (Å²) in [5.41, 5.74) is 24.6. The van der Waals surface area contributed by atoms with Crippen LogP contribution < -0.4 is 29.4 Å². The van der Waals surface area contributed by atoms with E-state index in [0.29, 0.717) is 0 Å². The summed E-state index contributed by atoms with van der Waals surface area (Å²) in [6.07, 6.45) is 0. The number of para-hydroxylation sites is 7. The summed E-state index contributed by atoms with van der Waals surface area (Å²) in [6.45, 7) is 40.5. The zero-order valence-corrected chi connectivity index (χ0v) is 88.3. The van der Waals surface area contributed by atoms with Crippen molar-refractivity contribution in [1.29, 1.82) is 0 Å². The van der Waals surface area contributed by atoms with Gasteiger partial charge in [0.25, 0.3) is 0 Å². The van der Waals surface area contributed by atoms with E-state index in [9.17, 15) is 0 Å². The van der Waals surface area contributed by atoms with Gasteiger partial charge in [-0.05, 0) is 340 Å². The summed E-state index contributed by atoms with van der Waals surface area (Å²) in [4.78, 5) is 14.4. The van der Waals surface area contributed by atoms with Gasteiger partial charge in [-0.3, -0.25) is 0 Å². The van der Waals surface area contributed by atoms with Crippen LogP contribution in [0.2, 0.25) is 0 Å². The Labute approximate surface area is 869 Å². The molecule has 21 aromatic rings. The van der Waals surface area contributed by atoms with Gasteiger partial charge < -0.3 is 29.4 Å². The SMILES string of the molecule is CC(C)(C)N(c1ccccc1)c1cc2ccccc2c2ccccc12.CC(C)(C)N(c1ccccc1)c1ccc(-c2ccc3ccccc3c2)cc1.CC(C)(C)N(c1ccccc1)c1ccc(-c2cccc3ccccc23)cc1.CC(C)(C)N(c1ccccc1)c1ccc(-c2ccccc2)cc1.CC(C)(C)N(c1ccccc1)c1cccc2ccccc12.CC(C)(C)N(c1ccccc1)c1ccccc1-c1ccccc1. The zero-order chi connectivity index (χ0) is 103. The molecule has 0 aliphatic heterocycles. The summed E-state index contributed by atoms with van der Waals surface area (Å²) < 4.78 is 0. The molecule has 730 valence electrons. The molecule has 0 aliphatic rings. The second-order valence-corrected chi connectivity index (χ2v) is 43.2. The van der Waals surface area contributed by atoms with E-state index in [4.69, 9.17) is 0 Å². The van der Waals surface area contributed by atoms with Gasteiger partial charge in [-0.1, -0.05) is 388 Å². The van der Waals surface area contributed by atoms with Crippen LogP contribution in [0.25, 0.3) is 98.4 Å². The number of anilines is 12. The Kier molecular flexibility index (Phi) is 32.3. The number of hydrogen-bond acceptors (Lipinski definition) is 6. The minimum absolute atomic E-state index is 0.00543. The molecule has 0 heterocycles. The van der Waals surface area contributed by atoms with E-state index < -0.39 is 0 Å². The minimum Gasteiger partial charge on any atom is -0.336 e. The fraction of sp³-hybridized carbons (Fsp3) is 0.171. The Bertz CT molecular complexity index is 7720. The Balaban J connectivity index is 0.000000126. The molecule has 0 bridgehead atoms. The molecule has 21 rings (SSSR count). The van der Waals surface area contributed by atoms with E-state index in [0.717, 1.165) is 0 Å². The Morgan fingerprint density at radius 1 is 0.116 bits per heavy atom. The molecule has 6 nitrogen and oxygen atoms in total. The zero-order valence-electron chi connectivity index (χ0n) is 88.3. The summed E-state index contributed by atoms with van der Waals surface area (Å²) >= 11 is 0. The van der Waals surface area contributed by atoms with Crippen LogP contribution in [0.4, 0.5) is 68.2 Å². The van der Waals surface area contributed by atoms with Crippen molar-refractivity contribution >= 4 is 122 Å². The maximum absolute atomic E-state index is 2.45. The van der Waals surface area contributed by atoms with Gasteiger partial charge in [0.1, 0.15) is 0 Å². The standard InChI is InChI=1S/2C26H25N.C24H23N.2C22H23N.C20H21N/c1-26(2,3)27(22-12-5-4-6-13-22)23-18-16-21(17-19-23)25-15-9-11-20-10-7-8-14-24(20)25;1-26(2,3)27(24-11-5-4-6-12-24)25-17-15-21(16-18-25)23-14-13-20-9-7-8-10-22(20)19-23;1-24(2,3)25(19-12-5-4-6-13-19)23-17-18-11-7-8-14-20(18)21-15-9-10-16-22(21)23;1-22(2,3)23(19-14-8-5-9-15-19)21-17-11-10-16-20(21)18-12-6-4-7-13-18;1-22(2,3)23(20-12-8-5-9-13-20)21-16-14-19(15-17-21)18-10-6-4-7-11-18;1-20(2,3)21(17-12-5-4-6-13-17)19-15-9-11-16-10-7-8-14-18(16)19/h2*4-19H,1-3H3;4-17H,1-3H3;2*4-17H,1-3H3;4-15H,1-3H3. The van der Waals surface area contributed by atoms with Gasteiger partial charge in [0.2, 0.25) is 0 Å². The van der Waals surface area contributed by atoms with Crippen LogP contribution in [0, 0.1) is 0 Å². The van der Waals surface area contributed by atoms with E-state index in [1.807, 2.05) is 0 Å². The minimum atomic E-state index is -0.0351. The van der Waals surface area contributed by atoms with Crippen molar-refractivity contribution in [2.45, 2.75) is 158 Å². The molecular weight excluding hydrogens is 1770 g/mol. The average molecular weight is 1910 g/mol. The lowest BCUT2D eigenvalue weighted by Gasteiger charge is -2.39. The van der Waals surface area contributed by atoms with Crippen molar-refractivity contribution in [2.24, 2.45) is 0 Å². The Morgan fingerprint density at radius 3 is 0.774 bits per heavy atom. The quantitative estimate of drug-likeness (QED) is 0.0892. The van der Waals surface area contributed by atoms with Gasteiger partial charge in [0, 0.05) is 112 Å². The van der Waals surface area contributed by atoms with Gasteiger partial charge in [0.05, 0.1) is 5.69 Å². The molecule has 0 amide bonds. The lowest BCUT2D eigenvalue weighted by molar-refractivity contribution is 0.560. The Hall–Kier alpha value is -16.3. The maximum atomic E-state index is 2.45. The topological polar surface area (TPSA) is 19.4 Å². The molecule has 21 aromatic carbocycles. The molecular formula is C140H140N6. The van der Waals surface area contributed by atoms with Crippen molar-refractivity contribution in [3.8, 4) is 44.5 Å². The molecule has 0 spiro atoms. The highest BCUT2D eigenvalue weighted by Crippen LogP contribution is 2.46. The van der Waals surface area contributed by atoms with Crippen molar-refractivity contribution in [3.05, 3.63) is 522 Å². The third-order valence-corrected chi connectivity index (χ3v) is 26.0. The highest BCUT2D eigenvalue weighted by molar-refractivity contribution is 6.14. The molecule has 0 N–H and O–H groups in total. The molecule has 0 fully saturated rings. The van der Waals surface area contributed by atoms with Crippen LogP contribution in [0.3, 0.4) is 0 Å². The van der Waals surface area contributed by atoms with Crippen LogP contribution >= 0.6 is 0 Å². The van der Waals surface area contributed by atoms with Crippen LogP contribution in [-0.2, 0) is 0 Å². The molecule has 0 atom stereocenters. The van der Waals surface area contributed by atoms with Crippen LogP contribution in [0.5, 0.6) is 0 Å². The molecule has 146 heavy (non-hydrogen) atoms. The van der Waals surface area contributed by atoms with Crippen molar-refractivity contribution < 1.29 is 0 Å². The number of fused-ring (bicyclic) bond motifs is 6. The average Bonchev–Trinajstić information content (AvgIpc) is 0.756. The molecule has 0 aliphatic carbocycles. The van der Waals surface area contributed by atoms with Crippen molar-refractivity contribution in [3.63, 3.8) is 0 Å². The van der Waals surface area contributed by atoms with E-state index in [-0.39, 0.29) is 33.2 Å². The van der Waals surface area contributed by atoms with Gasteiger partial charge in [-0.15, -0.1) is 0 Å². The van der Waals surface area contributed by atoms with E-state index in [1.54, 1.807) is 0 Å². The predicted molar refractivity (Wildman–Crippen MR) is 638 cm³/mol. The second kappa shape index (κ2) is 46.0. The first-order chi connectivity index (χ1) is 70.3. The first-order valence-corrected chi connectivity index (χ1v) is 51.3. The largest absolute Gasteiger partial charge is 0.336 e. The number of rotatable bonds is 16. The van der Waals surface area contributed by atoms with Crippen LogP contribution in [0.15, 0.2) is 522 Å². The normalized spacial score (nSPS) is 11.5. The summed E-state index contributed by atoms with van der Waals surface area (Å²) in [7, 11) is 0. The lowest BCUT2D eigenvalue weighted by Crippen LogP contribution is -2.37. The van der Waals surface area contributed by atoms with E-state index in [1.165, 1.54) is 167 Å². The van der Waals surface area contributed by atoms with E-state index >= 15 is 0 Å². The van der Waals surface area contributed by atoms with Crippen molar-refractivity contribution in [2.75, 3.05) is 29.4 Å². The summed E-state index contributed by atoms with van der Waals surface area (Å²) in [5, 5.41) is 12.9. The van der Waals surface area contributed by atoms with E-state index in [2.05, 4.69) is 676 Å². The van der Waals surface area contributed by atoms with Gasteiger partial charge in [-0.2, -0.15) is 0 Å². The molecule has 0 saturated carbocycles. The molecule has 0 unspecified atom stereocenters. The van der Waals surface area contributed by atoms with Crippen LogP contribution in [-0.4, -0.2) is 33.2 Å². The number of benzene rings is 21. The van der Waals surface area contributed by atoms with Gasteiger partial charge in [-0.25, -0.2) is 0 Å². The van der Waals surface area contributed by atoms with Crippen LogP contribution in [0.1, 0.15) is 125 Å². The molecule has 0 aromatic heterocycles.